The van der Waals surface area contributed by atoms with E-state index in [0.29, 0.717) is 0 Å². The number of hydrogen-bond donors (Lipinski definition) is 0. The lowest BCUT2D eigenvalue weighted by atomic mass is 10.3. The molecule has 9 heavy (non-hydrogen) atoms. The van der Waals surface area contributed by atoms with Crippen LogP contribution in [0.15, 0.2) is 9.85 Å². The zero-order valence-corrected chi connectivity index (χ0v) is 7.09. The number of hydrogen-bond acceptors (Lipinski definition) is 2. The highest BCUT2D eigenvalue weighted by atomic mass is 79.9. The molecule has 48 valence electrons. The van der Waals surface area contributed by atoms with Crippen molar-refractivity contribution in [1.82, 2.24) is 0 Å². The van der Waals surface area contributed by atoms with Gasteiger partial charge in [0.25, 0.3) is 0 Å². The monoisotopic (exact) mass is 204 g/mol. The molecule has 0 spiro atoms. The van der Waals surface area contributed by atoms with Crippen molar-refractivity contribution in [3.63, 3.8) is 0 Å². The molecular formula is C6H5BrOS. The van der Waals surface area contributed by atoms with E-state index >= 15 is 0 Å². The van der Waals surface area contributed by atoms with Crippen LogP contribution in [0, 0.1) is 0 Å². The average molecular weight is 205 g/mol. The van der Waals surface area contributed by atoms with E-state index in [4.69, 9.17) is 4.74 Å². The molecule has 1 aromatic rings. The molecule has 0 aliphatic carbocycles. The molecule has 2 heterocycles. The molecule has 1 aliphatic heterocycles. The SMILES string of the molecule is Brc1csc2c1COC2. The molecule has 2 rings (SSSR count). The van der Waals surface area contributed by atoms with E-state index in [1.54, 1.807) is 11.3 Å². The second-order valence-corrected chi connectivity index (χ2v) is 3.80. The van der Waals surface area contributed by atoms with Crippen LogP contribution in [0.2, 0.25) is 0 Å². The van der Waals surface area contributed by atoms with Crippen LogP contribution in [0.3, 0.4) is 0 Å². The van der Waals surface area contributed by atoms with Crippen molar-refractivity contribution < 1.29 is 4.74 Å². The van der Waals surface area contributed by atoms with Gasteiger partial charge in [0.15, 0.2) is 0 Å². The second-order valence-electron chi connectivity index (χ2n) is 1.98. The Morgan fingerprint density at radius 2 is 2.44 bits per heavy atom. The zero-order valence-electron chi connectivity index (χ0n) is 4.69. The maximum Gasteiger partial charge on any atom is 0.0818 e. The highest BCUT2D eigenvalue weighted by Gasteiger charge is 2.15. The third kappa shape index (κ3) is 0.838. The molecule has 0 amide bonds. The number of halogens is 1. The standard InChI is InChI=1S/C6H5BrOS/c7-5-3-9-6-2-8-1-4(5)6/h3H,1-2H2. The molecule has 0 aromatic carbocycles. The Hall–Kier alpha value is 0.140. The lowest BCUT2D eigenvalue weighted by molar-refractivity contribution is 0.135. The maximum atomic E-state index is 5.22. The molecule has 1 nitrogen and oxygen atoms in total. The molecule has 0 fully saturated rings. The Balaban J connectivity index is 2.56. The van der Waals surface area contributed by atoms with E-state index < -0.39 is 0 Å². The summed E-state index contributed by atoms with van der Waals surface area (Å²) < 4.78 is 6.42. The minimum Gasteiger partial charge on any atom is -0.371 e. The van der Waals surface area contributed by atoms with E-state index in [1.807, 2.05) is 0 Å². The predicted molar refractivity (Wildman–Crippen MR) is 40.5 cm³/mol. The molecule has 1 aromatic heterocycles. The van der Waals surface area contributed by atoms with Crippen molar-refractivity contribution in [1.29, 1.82) is 0 Å². The first-order valence-corrected chi connectivity index (χ1v) is 4.37. The number of fused-ring (bicyclic) bond motifs is 1. The van der Waals surface area contributed by atoms with Gasteiger partial charge < -0.3 is 4.74 Å². The third-order valence-electron chi connectivity index (χ3n) is 1.41. The largest absolute Gasteiger partial charge is 0.371 e. The Morgan fingerprint density at radius 1 is 1.56 bits per heavy atom. The summed E-state index contributed by atoms with van der Waals surface area (Å²) in [5.41, 5.74) is 1.35. The first-order chi connectivity index (χ1) is 4.38. The van der Waals surface area contributed by atoms with E-state index in [-0.39, 0.29) is 0 Å². The molecule has 0 saturated carbocycles. The molecular weight excluding hydrogens is 200 g/mol. The molecule has 0 saturated heterocycles. The first kappa shape index (κ1) is 5.89. The lowest BCUT2D eigenvalue weighted by Crippen LogP contribution is -1.74. The minimum absolute atomic E-state index is 0.791. The normalized spacial score (nSPS) is 16.1. The van der Waals surface area contributed by atoms with Crippen LogP contribution in [0.1, 0.15) is 10.4 Å². The Bertz CT molecular complexity index is 231. The summed E-state index contributed by atoms with van der Waals surface area (Å²) in [5.74, 6) is 0. The van der Waals surface area contributed by atoms with Crippen LogP contribution in [0.4, 0.5) is 0 Å². The fraction of sp³-hybridized carbons (Fsp3) is 0.333. The van der Waals surface area contributed by atoms with Gasteiger partial charge in [-0.1, -0.05) is 0 Å². The average Bonchev–Trinajstić information content (AvgIpc) is 2.35. The number of thiophene rings is 1. The van der Waals surface area contributed by atoms with E-state index in [1.165, 1.54) is 14.9 Å². The fourth-order valence-electron chi connectivity index (χ4n) is 0.915. The molecule has 0 N–H and O–H groups in total. The summed E-state index contributed by atoms with van der Waals surface area (Å²) in [7, 11) is 0. The van der Waals surface area contributed by atoms with Crippen LogP contribution in [0.25, 0.3) is 0 Å². The van der Waals surface area contributed by atoms with Gasteiger partial charge in [-0.05, 0) is 15.9 Å². The van der Waals surface area contributed by atoms with E-state index in [9.17, 15) is 0 Å². The zero-order chi connectivity index (χ0) is 6.27. The molecule has 0 radical (unpaired) electrons. The van der Waals surface area contributed by atoms with E-state index in [0.717, 1.165) is 13.2 Å². The van der Waals surface area contributed by atoms with Gasteiger partial charge in [-0.15, -0.1) is 11.3 Å². The van der Waals surface area contributed by atoms with Gasteiger partial charge in [0.2, 0.25) is 0 Å². The van der Waals surface area contributed by atoms with Gasteiger partial charge in [0, 0.05) is 20.3 Å². The third-order valence-corrected chi connectivity index (χ3v) is 3.42. The van der Waals surface area contributed by atoms with Gasteiger partial charge in [0.05, 0.1) is 13.2 Å². The summed E-state index contributed by atoms with van der Waals surface area (Å²) in [5, 5.41) is 2.12. The van der Waals surface area contributed by atoms with Gasteiger partial charge in [-0.25, -0.2) is 0 Å². The Labute approximate surface area is 65.8 Å². The summed E-state index contributed by atoms with van der Waals surface area (Å²) in [6, 6.07) is 0. The van der Waals surface area contributed by atoms with Crippen LogP contribution in [-0.2, 0) is 18.0 Å². The van der Waals surface area contributed by atoms with Crippen LogP contribution in [0.5, 0.6) is 0 Å². The van der Waals surface area contributed by atoms with Gasteiger partial charge in [-0.2, -0.15) is 0 Å². The van der Waals surface area contributed by atoms with Crippen molar-refractivity contribution in [2.24, 2.45) is 0 Å². The molecule has 0 unspecified atom stereocenters. The Morgan fingerprint density at radius 3 is 3.22 bits per heavy atom. The van der Waals surface area contributed by atoms with Gasteiger partial charge in [-0.3, -0.25) is 0 Å². The van der Waals surface area contributed by atoms with Crippen molar-refractivity contribution in [2.45, 2.75) is 13.2 Å². The highest BCUT2D eigenvalue weighted by Crippen LogP contribution is 2.32. The maximum absolute atomic E-state index is 5.22. The van der Waals surface area contributed by atoms with Crippen molar-refractivity contribution in [3.05, 3.63) is 20.3 Å². The smallest absolute Gasteiger partial charge is 0.0818 e. The van der Waals surface area contributed by atoms with Gasteiger partial charge >= 0.3 is 0 Å². The van der Waals surface area contributed by atoms with Crippen LogP contribution in [-0.4, -0.2) is 0 Å². The van der Waals surface area contributed by atoms with Crippen LogP contribution >= 0.6 is 27.3 Å². The minimum atomic E-state index is 0.791. The summed E-state index contributed by atoms with van der Waals surface area (Å²) in [6.07, 6.45) is 0. The molecule has 0 atom stereocenters. The number of rotatable bonds is 0. The van der Waals surface area contributed by atoms with E-state index in [2.05, 4.69) is 21.3 Å². The number of ether oxygens (including phenoxy) is 1. The second kappa shape index (κ2) is 2.08. The highest BCUT2D eigenvalue weighted by molar-refractivity contribution is 9.10. The summed E-state index contributed by atoms with van der Waals surface area (Å²) >= 11 is 5.21. The lowest BCUT2D eigenvalue weighted by Gasteiger charge is -1.86. The van der Waals surface area contributed by atoms with Crippen LogP contribution < -0.4 is 0 Å². The fourth-order valence-corrected chi connectivity index (χ4v) is 2.53. The quantitative estimate of drug-likeness (QED) is 0.632. The van der Waals surface area contributed by atoms with Crippen molar-refractivity contribution >= 4 is 27.3 Å². The van der Waals surface area contributed by atoms with Gasteiger partial charge in [0.1, 0.15) is 0 Å². The first-order valence-electron chi connectivity index (χ1n) is 2.70. The molecule has 1 aliphatic rings. The molecule has 0 bridgehead atoms. The topological polar surface area (TPSA) is 9.23 Å². The summed E-state index contributed by atoms with van der Waals surface area (Å²) in [4.78, 5) is 1.38. The summed E-state index contributed by atoms with van der Waals surface area (Å²) in [6.45, 7) is 1.60. The molecule has 3 heteroatoms. The predicted octanol–water partition coefficient (Wildman–Crippen LogP) is 2.54. The van der Waals surface area contributed by atoms with Crippen molar-refractivity contribution in [3.8, 4) is 0 Å². The Kier molecular flexibility index (Phi) is 1.36. The van der Waals surface area contributed by atoms with Crippen molar-refractivity contribution in [2.75, 3.05) is 0 Å².